The fourth-order valence-corrected chi connectivity index (χ4v) is 2.48. The largest absolute Gasteiger partial charge is 0.497 e. The lowest BCUT2D eigenvalue weighted by molar-refractivity contribution is 0.334. The fraction of sp³-hybridized carbons (Fsp3) is 0.571. The Labute approximate surface area is 104 Å². The van der Waals surface area contributed by atoms with Crippen molar-refractivity contribution in [3.05, 3.63) is 24.3 Å². The van der Waals surface area contributed by atoms with Crippen LogP contribution in [0.2, 0.25) is 0 Å². The van der Waals surface area contributed by atoms with Gasteiger partial charge in [0.2, 0.25) is 0 Å². The van der Waals surface area contributed by atoms with Gasteiger partial charge in [0, 0.05) is 29.9 Å². The molecule has 1 heterocycles. The number of nitrogens with two attached hydrogens (primary N) is 1. The van der Waals surface area contributed by atoms with Crippen molar-refractivity contribution in [2.45, 2.75) is 38.3 Å². The summed E-state index contributed by atoms with van der Waals surface area (Å²) in [6.45, 7) is 5.47. The number of benzene rings is 1. The topological polar surface area (TPSA) is 38.5 Å². The summed E-state index contributed by atoms with van der Waals surface area (Å²) in [7, 11) is 1.70. The van der Waals surface area contributed by atoms with E-state index in [1.54, 1.807) is 7.11 Å². The number of rotatable bonds is 2. The van der Waals surface area contributed by atoms with Gasteiger partial charge in [-0.05, 0) is 38.8 Å². The SMILES string of the molecule is COc1cccc(N2CC(N)CCC2(C)C)c1. The minimum Gasteiger partial charge on any atom is -0.497 e. The Balaban J connectivity index is 2.29. The lowest BCUT2D eigenvalue weighted by atomic mass is 9.88. The number of anilines is 1. The molecule has 1 unspecified atom stereocenters. The molecule has 1 aliphatic heterocycles. The van der Waals surface area contributed by atoms with E-state index in [9.17, 15) is 0 Å². The van der Waals surface area contributed by atoms with Gasteiger partial charge in [0.15, 0.2) is 0 Å². The van der Waals surface area contributed by atoms with Gasteiger partial charge >= 0.3 is 0 Å². The number of hydrogen-bond acceptors (Lipinski definition) is 3. The molecule has 1 aliphatic rings. The predicted molar refractivity (Wildman–Crippen MR) is 71.6 cm³/mol. The Hall–Kier alpha value is -1.22. The van der Waals surface area contributed by atoms with Crippen molar-refractivity contribution in [1.29, 1.82) is 0 Å². The number of ether oxygens (including phenoxy) is 1. The molecule has 0 radical (unpaired) electrons. The number of nitrogens with zero attached hydrogens (tertiary/aromatic N) is 1. The highest BCUT2D eigenvalue weighted by Crippen LogP contribution is 2.33. The Morgan fingerprint density at radius 3 is 2.88 bits per heavy atom. The van der Waals surface area contributed by atoms with Crippen LogP contribution < -0.4 is 15.4 Å². The molecule has 3 nitrogen and oxygen atoms in total. The second-order valence-corrected chi connectivity index (χ2v) is 5.42. The molecule has 2 rings (SSSR count). The summed E-state index contributed by atoms with van der Waals surface area (Å²) in [5, 5.41) is 0. The van der Waals surface area contributed by atoms with Gasteiger partial charge in [0.05, 0.1) is 7.11 Å². The van der Waals surface area contributed by atoms with Crippen molar-refractivity contribution in [2.75, 3.05) is 18.6 Å². The van der Waals surface area contributed by atoms with E-state index < -0.39 is 0 Å². The monoisotopic (exact) mass is 234 g/mol. The van der Waals surface area contributed by atoms with Crippen LogP contribution >= 0.6 is 0 Å². The van der Waals surface area contributed by atoms with Crippen LogP contribution in [0, 0.1) is 0 Å². The van der Waals surface area contributed by atoms with E-state index in [2.05, 4.69) is 30.9 Å². The van der Waals surface area contributed by atoms with Crippen LogP contribution in [0.25, 0.3) is 0 Å². The van der Waals surface area contributed by atoms with Crippen molar-refractivity contribution in [1.82, 2.24) is 0 Å². The third-order valence-electron chi connectivity index (χ3n) is 3.64. The van der Waals surface area contributed by atoms with Gasteiger partial charge in [-0.15, -0.1) is 0 Å². The van der Waals surface area contributed by atoms with Crippen LogP contribution in [0.15, 0.2) is 24.3 Å². The third-order valence-corrected chi connectivity index (χ3v) is 3.64. The lowest BCUT2D eigenvalue weighted by Crippen LogP contribution is -2.54. The average Bonchev–Trinajstić information content (AvgIpc) is 2.32. The zero-order valence-electron chi connectivity index (χ0n) is 10.9. The van der Waals surface area contributed by atoms with Gasteiger partial charge in [0.25, 0.3) is 0 Å². The second-order valence-electron chi connectivity index (χ2n) is 5.42. The Morgan fingerprint density at radius 2 is 2.18 bits per heavy atom. The van der Waals surface area contributed by atoms with Gasteiger partial charge in [-0.2, -0.15) is 0 Å². The third kappa shape index (κ3) is 2.55. The zero-order valence-corrected chi connectivity index (χ0v) is 10.9. The quantitative estimate of drug-likeness (QED) is 0.854. The summed E-state index contributed by atoms with van der Waals surface area (Å²) in [5.41, 5.74) is 7.45. The van der Waals surface area contributed by atoms with Crippen LogP contribution in [-0.4, -0.2) is 25.2 Å². The predicted octanol–water partition coefficient (Wildman–Crippen LogP) is 2.40. The average molecular weight is 234 g/mol. The van der Waals surface area contributed by atoms with E-state index in [0.29, 0.717) is 0 Å². The Bertz CT molecular complexity index is 390. The maximum Gasteiger partial charge on any atom is 0.120 e. The van der Waals surface area contributed by atoms with E-state index in [-0.39, 0.29) is 11.6 Å². The van der Waals surface area contributed by atoms with E-state index in [1.807, 2.05) is 12.1 Å². The highest BCUT2D eigenvalue weighted by molar-refractivity contribution is 5.53. The van der Waals surface area contributed by atoms with Gasteiger partial charge in [-0.1, -0.05) is 6.07 Å². The van der Waals surface area contributed by atoms with E-state index >= 15 is 0 Å². The first kappa shape index (κ1) is 12.2. The molecule has 1 saturated heterocycles. The number of hydrogen-bond donors (Lipinski definition) is 1. The van der Waals surface area contributed by atoms with Crippen molar-refractivity contribution in [2.24, 2.45) is 5.73 Å². The van der Waals surface area contributed by atoms with Gasteiger partial charge in [0.1, 0.15) is 5.75 Å². The molecule has 3 heteroatoms. The first-order chi connectivity index (χ1) is 8.03. The molecule has 0 aliphatic carbocycles. The maximum absolute atomic E-state index is 6.08. The van der Waals surface area contributed by atoms with E-state index in [4.69, 9.17) is 10.5 Å². The van der Waals surface area contributed by atoms with E-state index in [1.165, 1.54) is 5.69 Å². The fourth-order valence-electron chi connectivity index (χ4n) is 2.48. The second kappa shape index (κ2) is 4.57. The maximum atomic E-state index is 6.08. The first-order valence-corrected chi connectivity index (χ1v) is 6.20. The van der Waals surface area contributed by atoms with E-state index in [0.717, 1.165) is 25.1 Å². The highest BCUT2D eigenvalue weighted by Gasteiger charge is 2.33. The van der Waals surface area contributed by atoms with Gasteiger partial charge in [-0.25, -0.2) is 0 Å². The molecule has 17 heavy (non-hydrogen) atoms. The smallest absolute Gasteiger partial charge is 0.120 e. The summed E-state index contributed by atoms with van der Waals surface area (Å²) in [4.78, 5) is 2.39. The summed E-state index contributed by atoms with van der Waals surface area (Å²) < 4.78 is 5.28. The van der Waals surface area contributed by atoms with Crippen molar-refractivity contribution < 1.29 is 4.74 Å². The molecule has 2 N–H and O–H groups in total. The zero-order chi connectivity index (χ0) is 12.5. The summed E-state index contributed by atoms with van der Waals surface area (Å²) in [6.07, 6.45) is 2.23. The van der Waals surface area contributed by atoms with Crippen molar-refractivity contribution >= 4 is 5.69 Å². The molecule has 94 valence electrons. The summed E-state index contributed by atoms with van der Waals surface area (Å²) in [5.74, 6) is 0.900. The normalized spacial score (nSPS) is 23.5. The lowest BCUT2D eigenvalue weighted by Gasteiger charge is -2.46. The molecule has 0 spiro atoms. The summed E-state index contributed by atoms with van der Waals surface area (Å²) >= 11 is 0. The number of methoxy groups -OCH3 is 1. The number of piperidine rings is 1. The highest BCUT2D eigenvalue weighted by atomic mass is 16.5. The van der Waals surface area contributed by atoms with Crippen molar-refractivity contribution in [3.8, 4) is 5.75 Å². The molecule has 0 amide bonds. The first-order valence-electron chi connectivity index (χ1n) is 6.20. The van der Waals surface area contributed by atoms with Crippen LogP contribution in [0.4, 0.5) is 5.69 Å². The molecule has 1 atom stereocenters. The standard InChI is InChI=1S/C14H22N2O/c1-14(2)8-7-11(15)10-16(14)12-5-4-6-13(9-12)17-3/h4-6,9,11H,7-8,10,15H2,1-3H3. The molecule has 1 aromatic carbocycles. The van der Waals surface area contributed by atoms with Crippen LogP contribution in [-0.2, 0) is 0 Å². The van der Waals surface area contributed by atoms with Crippen LogP contribution in [0.5, 0.6) is 5.75 Å². The molecule has 0 saturated carbocycles. The Kier molecular flexibility index (Phi) is 3.29. The molecule has 0 bridgehead atoms. The molecule has 1 fully saturated rings. The minimum absolute atomic E-state index is 0.169. The molecular weight excluding hydrogens is 212 g/mol. The van der Waals surface area contributed by atoms with Gasteiger partial charge in [-0.3, -0.25) is 0 Å². The van der Waals surface area contributed by atoms with Crippen molar-refractivity contribution in [3.63, 3.8) is 0 Å². The van der Waals surface area contributed by atoms with Crippen LogP contribution in [0.1, 0.15) is 26.7 Å². The summed E-state index contributed by atoms with van der Waals surface area (Å²) in [6, 6.07) is 8.49. The molecule has 0 aromatic heterocycles. The molecular formula is C14H22N2O. The Morgan fingerprint density at radius 1 is 1.41 bits per heavy atom. The molecule has 1 aromatic rings. The van der Waals surface area contributed by atoms with Crippen LogP contribution in [0.3, 0.4) is 0 Å². The minimum atomic E-state index is 0.169. The van der Waals surface area contributed by atoms with Gasteiger partial charge < -0.3 is 15.4 Å².